The van der Waals surface area contributed by atoms with Gasteiger partial charge in [-0.3, -0.25) is 14.5 Å². The van der Waals surface area contributed by atoms with Gasteiger partial charge in [0.05, 0.1) is 47.0 Å². The molecule has 2 aliphatic heterocycles. The van der Waals surface area contributed by atoms with E-state index in [1.54, 1.807) is 17.9 Å². The first-order chi connectivity index (χ1) is 20.4. The summed E-state index contributed by atoms with van der Waals surface area (Å²) in [6.45, 7) is 10.5. The predicted molar refractivity (Wildman–Crippen MR) is 160 cm³/mol. The standard InChI is InChI=1S/C32H37N3O6S/c1-4-40-26-19-24(11-12-25(26)41-20-23-9-6-5-7-10-23)28-27(29(36)31-21(2)33-22(3)42-31)30(37)32(38)35(28)14-8-13-34-15-17-39-18-16-34/h5-7,9-12,19,28,37H,4,8,13-18,20H2,1-3H3. The van der Waals surface area contributed by atoms with Crippen LogP contribution >= 0.6 is 11.3 Å². The molecule has 10 heteroatoms. The quantitative estimate of drug-likeness (QED) is 0.293. The van der Waals surface area contributed by atoms with E-state index in [-0.39, 0.29) is 11.4 Å². The molecule has 0 spiro atoms. The lowest BCUT2D eigenvalue weighted by atomic mass is 9.94. The second kappa shape index (κ2) is 13.5. The molecule has 1 N–H and O–H groups in total. The number of benzene rings is 2. The van der Waals surface area contributed by atoms with Crippen LogP contribution in [-0.4, -0.2) is 77.6 Å². The number of ketones is 1. The van der Waals surface area contributed by atoms with Gasteiger partial charge in [-0.25, -0.2) is 4.98 Å². The number of Topliss-reactive ketones (excluding diaryl/α,β-unsaturated/α-hetero) is 1. The monoisotopic (exact) mass is 591 g/mol. The summed E-state index contributed by atoms with van der Waals surface area (Å²) in [5, 5.41) is 11.9. The Balaban J connectivity index is 1.46. The highest BCUT2D eigenvalue weighted by atomic mass is 32.1. The number of carbonyl (C=O) groups is 2. The fourth-order valence-electron chi connectivity index (χ4n) is 5.43. The highest BCUT2D eigenvalue weighted by Crippen LogP contribution is 2.42. The van der Waals surface area contributed by atoms with Crippen molar-refractivity contribution < 1.29 is 28.9 Å². The Kier molecular flexibility index (Phi) is 9.56. The Morgan fingerprint density at radius 2 is 1.83 bits per heavy atom. The Morgan fingerprint density at radius 1 is 1.07 bits per heavy atom. The van der Waals surface area contributed by atoms with Crippen LogP contribution in [0.4, 0.5) is 0 Å². The molecular formula is C32H37N3O6S. The Labute approximate surface area is 250 Å². The van der Waals surface area contributed by atoms with Crippen LogP contribution in [0.15, 0.2) is 59.9 Å². The van der Waals surface area contributed by atoms with Crippen LogP contribution in [-0.2, 0) is 16.1 Å². The van der Waals surface area contributed by atoms with E-state index < -0.39 is 17.7 Å². The molecule has 9 nitrogen and oxygen atoms in total. The third-order valence-electron chi connectivity index (χ3n) is 7.46. The van der Waals surface area contributed by atoms with Crippen LogP contribution in [0.1, 0.15) is 50.9 Å². The van der Waals surface area contributed by atoms with Crippen molar-refractivity contribution in [1.82, 2.24) is 14.8 Å². The van der Waals surface area contributed by atoms with E-state index >= 15 is 0 Å². The number of aliphatic hydroxyl groups excluding tert-OH is 1. The Morgan fingerprint density at radius 3 is 2.52 bits per heavy atom. The number of nitrogens with zero attached hydrogens (tertiary/aromatic N) is 3. The average molecular weight is 592 g/mol. The van der Waals surface area contributed by atoms with Gasteiger partial charge in [0.1, 0.15) is 6.61 Å². The zero-order chi connectivity index (χ0) is 29.6. The molecule has 3 aromatic rings. The number of hydrogen-bond donors (Lipinski definition) is 1. The van der Waals surface area contributed by atoms with Crippen LogP contribution in [0.5, 0.6) is 11.5 Å². The third kappa shape index (κ3) is 6.51. The van der Waals surface area contributed by atoms with E-state index in [4.69, 9.17) is 14.2 Å². The minimum Gasteiger partial charge on any atom is -0.503 e. The highest BCUT2D eigenvalue weighted by Gasteiger charge is 2.44. The minimum atomic E-state index is -0.779. The molecule has 1 unspecified atom stereocenters. The number of morpholine rings is 1. The molecule has 2 aliphatic rings. The van der Waals surface area contributed by atoms with Crippen LogP contribution in [0.2, 0.25) is 0 Å². The summed E-state index contributed by atoms with van der Waals surface area (Å²) in [5.74, 6) is -0.375. The van der Waals surface area contributed by atoms with Gasteiger partial charge < -0.3 is 24.2 Å². The van der Waals surface area contributed by atoms with Gasteiger partial charge in [0.25, 0.3) is 5.91 Å². The van der Waals surface area contributed by atoms with Crippen LogP contribution < -0.4 is 9.47 Å². The molecule has 42 heavy (non-hydrogen) atoms. The first-order valence-corrected chi connectivity index (χ1v) is 15.2. The maximum atomic E-state index is 13.9. The SMILES string of the molecule is CCOc1cc(C2C(C(=O)c3sc(C)nc3C)=C(O)C(=O)N2CCCN2CCOCC2)ccc1OCc1ccccc1. The number of hydrogen-bond acceptors (Lipinski definition) is 9. The van der Waals surface area contributed by atoms with Gasteiger partial charge in [-0.15, -0.1) is 11.3 Å². The van der Waals surface area contributed by atoms with Crippen molar-refractivity contribution >= 4 is 23.0 Å². The molecular weight excluding hydrogens is 554 g/mol. The van der Waals surface area contributed by atoms with Crippen LogP contribution in [0.3, 0.4) is 0 Å². The Hall–Kier alpha value is -3.73. The number of aromatic nitrogens is 1. The van der Waals surface area contributed by atoms with E-state index in [1.165, 1.54) is 11.3 Å². The molecule has 1 fully saturated rings. The molecule has 0 bridgehead atoms. The van der Waals surface area contributed by atoms with Crippen molar-refractivity contribution in [1.29, 1.82) is 0 Å². The van der Waals surface area contributed by atoms with E-state index in [0.29, 0.717) is 67.0 Å². The second-order valence-corrected chi connectivity index (χ2v) is 11.6. The highest BCUT2D eigenvalue weighted by molar-refractivity contribution is 7.14. The summed E-state index contributed by atoms with van der Waals surface area (Å²) in [5.41, 5.74) is 2.34. The number of rotatable bonds is 12. The zero-order valence-electron chi connectivity index (χ0n) is 24.3. The summed E-state index contributed by atoms with van der Waals surface area (Å²) in [4.78, 5) is 36.2. The van der Waals surface area contributed by atoms with Gasteiger partial charge in [0.15, 0.2) is 17.3 Å². The molecule has 2 aromatic carbocycles. The fourth-order valence-corrected chi connectivity index (χ4v) is 6.31. The van der Waals surface area contributed by atoms with Crippen molar-refractivity contribution in [3.63, 3.8) is 0 Å². The van der Waals surface area contributed by atoms with Crippen LogP contribution in [0.25, 0.3) is 0 Å². The van der Waals surface area contributed by atoms with Gasteiger partial charge in [0, 0.05) is 26.2 Å². The largest absolute Gasteiger partial charge is 0.503 e. The second-order valence-electron chi connectivity index (χ2n) is 10.4. The topological polar surface area (TPSA) is 101 Å². The number of ether oxygens (including phenoxy) is 3. The molecule has 0 radical (unpaired) electrons. The smallest absolute Gasteiger partial charge is 0.290 e. The van der Waals surface area contributed by atoms with Crippen molar-refractivity contribution in [3.8, 4) is 11.5 Å². The summed E-state index contributed by atoms with van der Waals surface area (Å²) >= 11 is 1.27. The van der Waals surface area contributed by atoms with Crippen LogP contribution in [0, 0.1) is 13.8 Å². The molecule has 222 valence electrons. The summed E-state index contributed by atoms with van der Waals surface area (Å²) in [6.07, 6.45) is 0.687. The fraction of sp³-hybridized carbons (Fsp3) is 0.406. The molecule has 0 aliphatic carbocycles. The van der Waals surface area contributed by atoms with Crippen molar-refractivity contribution in [2.24, 2.45) is 0 Å². The first-order valence-electron chi connectivity index (χ1n) is 14.3. The third-order valence-corrected chi connectivity index (χ3v) is 8.53. The Bertz CT molecular complexity index is 1450. The van der Waals surface area contributed by atoms with E-state index in [9.17, 15) is 14.7 Å². The average Bonchev–Trinajstić information content (AvgIpc) is 3.47. The van der Waals surface area contributed by atoms with Crippen molar-refractivity contribution in [2.45, 2.75) is 39.8 Å². The number of amides is 1. The number of carbonyl (C=O) groups excluding carboxylic acids is 2. The molecule has 0 saturated carbocycles. The van der Waals surface area contributed by atoms with Gasteiger partial charge in [-0.2, -0.15) is 0 Å². The molecule has 3 heterocycles. The maximum absolute atomic E-state index is 13.9. The van der Waals surface area contributed by atoms with E-state index in [1.807, 2.05) is 56.3 Å². The molecule has 1 saturated heterocycles. The van der Waals surface area contributed by atoms with E-state index in [0.717, 1.165) is 30.2 Å². The predicted octanol–water partition coefficient (Wildman–Crippen LogP) is 5.04. The van der Waals surface area contributed by atoms with Crippen molar-refractivity contribution in [2.75, 3.05) is 46.0 Å². The van der Waals surface area contributed by atoms with E-state index in [2.05, 4.69) is 9.88 Å². The van der Waals surface area contributed by atoms with Gasteiger partial charge in [0.2, 0.25) is 5.78 Å². The molecule has 1 amide bonds. The number of thiazole rings is 1. The number of aliphatic hydroxyl groups is 1. The summed E-state index contributed by atoms with van der Waals surface area (Å²) in [7, 11) is 0. The lowest BCUT2D eigenvalue weighted by Gasteiger charge is -2.30. The van der Waals surface area contributed by atoms with Gasteiger partial charge >= 0.3 is 0 Å². The summed E-state index contributed by atoms with van der Waals surface area (Å²) in [6, 6.07) is 14.5. The lowest BCUT2D eigenvalue weighted by molar-refractivity contribution is -0.129. The summed E-state index contributed by atoms with van der Waals surface area (Å²) < 4.78 is 17.5. The number of aryl methyl sites for hydroxylation is 2. The molecule has 1 atom stereocenters. The maximum Gasteiger partial charge on any atom is 0.290 e. The first kappa shape index (κ1) is 29.8. The van der Waals surface area contributed by atoms with Gasteiger partial charge in [-0.05, 0) is 50.5 Å². The molecule has 1 aromatic heterocycles. The normalized spacial score (nSPS) is 17.6. The van der Waals surface area contributed by atoms with Gasteiger partial charge in [-0.1, -0.05) is 36.4 Å². The lowest BCUT2D eigenvalue weighted by Crippen LogP contribution is -2.39. The minimum absolute atomic E-state index is 0.0681. The van der Waals surface area contributed by atoms with Crippen molar-refractivity contribution in [3.05, 3.63) is 86.6 Å². The zero-order valence-corrected chi connectivity index (χ0v) is 25.1. The molecule has 5 rings (SSSR count).